The first-order valence-corrected chi connectivity index (χ1v) is 7.28. The number of amides is 2. The number of hydrogen-bond donors (Lipinski definition) is 2. The van der Waals surface area contributed by atoms with Crippen molar-refractivity contribution in [1.82, 2.24) is 20.4 Å². The number of nitrogens with one attached hydrogen (secondary N) is 2. The number of aromatic amines is 1. The van der Waals surface area contributed by atoms with E-state index in [2.05, 4.69) is 15.5 Å². The highest BCUT2D eigenvalue weighted by atomic mass is 16.2. The zero-order valence-corrected chi connectivity index (χ0v) is 11.5. The standard InChI is InChI=1S/C14H22N4O/c1-18(12-4-2-3-5-12)14(19)16-11-7-6-10-9-15-17-13(10)8-11/h9,11-12H,2-8H2,1H3,(H,15,17)(H,16,19). The highest BCUT2D eigenvalue weighted by Gasteiger charge is 2.26. The Morgan fingerprint density at radius 3 is 3.00 bits per heavy atom. The molecule has 2 amide bonds. The van der Waals surface area contributed by atoms with Crippen molar-refractivity contribution >= 4 is 6.03 Å². The van der Waals surface area contributed by atoms with Gasteiger partial charge in [-0.15, -0.1) is 0 Å². The summed E-state index contributed by atoms with van der Waals surface area (Å²) in [7, 11) is 1.93. The minimum Gasteiger partial charge on any atom is -0.335 e. The van der Waals surface area contributed by atoms with Crippen LogP contribution in [0.5, 0.6) is 0 Å². The molecule has 1 unspecified atom stereocenters. The maximum atomic E-state index is 12.2. The minimum absolute atomic E-state index is 0.0832. The van der Waals surface area contributed by atoms with Gasteiger partial charge in [-0.25, -0.2) is 4.79 Å². The van der Waals surface area contributed by atoms with E-state index in [0.29, 0.717) is 6.04 Å². The fourth-order valence-corrected chi connectivity index (χ4v) is 3.27. The van der Waals surface area contributed by atoms with Crippen molar-refractivity contribution in [2.45, 2.75) is 57.0 Å². The van der Waals surface area contributed by atoms with E-state index in [1.165, 1.54) is 24.1 Å². The van der Waals surface area contributed by atoms with E-state index in [1.807, 2.05) is 18.1 Å². The summed E-state index contributed by atoms with van der Waals surface area (Å²) in [6.07, 6.45) is 9.60. The number of nitrogens with zero attached hydrogens (tertiary/aromatic N) is 2. The zero-order valence-electron chi connectivity index (χ0n) is 11.5. The third-order valence-corrected chi connectivity index (χ3v) is 4.54. The Kier molecular flexibility index (Phi) is 3.44. The maximum absolute atomic E-state index is 12.2. The van der Waals surface area contributed by atoms with Gasteiger partial charge in [0.1, 0.15) is 0 Å². The molecule has 2 N–H and O–H groups in total. The van der Waals surface area contributed by atoms with E-state index < -0.39 is 0 Å². The number of urea groups is 1. The Morgan fingerprint density at radius 1 is 1.42 bits per heavy atom. The van der Waals surface area contributed by atoms with Gasteiger partial charge >= 0.3 is 6.03 Å². The molecule has 1 aromatic heterocycles. The van der Waals surface area contributed by atoms with E-state index in [-0.39, 0.29) is 12.1 Å². The van der Waals surface area contributed by atoms with Gasteiger partial charge in [0, 0.05) is 31.2 Å². The van der Waals surface area contributed by atoms with Crippen LogP contribution in [0.4, 0.5) is 4.79 Å². The lowest BCUT2D eigenvalue weighted by atomic mass is 9.94. The molecule has 104 valence electrons. The molecule has 1 fully saturated rings. The topological polar surface area (TPSA) is 61.0 Å². The number of carbonyl (C=O) groups is 1. The van der Waals surface area contributed by atoms with Gasteiger partial charge < -0.3 is 10.2 Å². The van der Waals surface area contributed by atoms with Gasteiger partial charge in [-0.2, -0.15) is 5.10 Å². The SMILES string of the molecule is CN(C(=O)NC1CCc2cn[nH]c2C1)C1CCCC1. The predicted molar refractivity (Wildman–Crippen MR) is 73.0 cm³/mol. The van der Waals surface area contributed by atoms with Crippen LogP contribution >= 0.6 is 0 Å². The smallest absolute Gasteiger partial charge is 0.317 e. The average Bonchev–Trinajstić information content (AvgIpc) is 3.08. The van der Waals surface area contributed by atoms with E-state index in [1.54, 1.807) is 0 Å². The zero-order chi connectivity index (χ0) is 13.2. The van der Waals surface area contributed by atoms with Gasteiger partial charge in [0.05, 0.1) is 6.20 Å². The largest absolute Gasteiger partial charge is 0.335 e. The lowest BCUT2D eigenvalue weighted by molar-refractivity contribution is 0.185. The van der Waals surface area contributed by atoms with Gasteiger partial charge in [0.2, 0.25) is 0 Å². The second-order valence-electron chi connectivity index (χ2n) is 5.81. The minimum atomic E-state index is 0.0832. The summed E-state index contributed by atoms with van der Waals surface area (Å²) >= 11 is 0. The summed E-state index contributed by atoms with van der Waals surface area (Å²) in [6.45, 7) is 0. The second-order valence-corrected chi connectivity index (χ2v) is 5.81. The van der Waals surface area contributed by atoms with Crippen LogP contribution < -0.4 is 5.32 Å². The van der Waals surface area contributed by atoms with Crippen LogP contribution in [0.15, 0.2) is 6.20 Å². The van der Waals surface area contributed by atoms with Crippen LogP contribution in [-0.4, -0.2) is 40.3 Å². The van der Waals surface area contributed by atoms with Crippen molar-refractivity contribution in [2.24, 2.45) is 0 Å². The average molecular weight is 262 g/mol. The molecular formula is C14H22N4O. The molecule has 1 atom stereocenters. The number of rotatable bonds is 2. The lowest BCUT2D eigenvalue weighted by Crippen LogP contribution is -2.48. The number of hydrogen-bond acceptors (Lipinski definition) is 2. The van der Waals surface area contributed by atoms with E-state index in [4.69, 9.17) is 0 Å². The molecule has 0 radical (unpaired) electrons. The summed E-state index contributed by atoms with van der Waals surface area (Å²) in [5.41, 5.74) is 2.48. The third-order valence-electron chi connectivity index (χ3n) is 4.54. The maximum Gasteiger partial charge on any atom is 0.317 e. The molecule has 1 heterocycles. The Morgan fingerprint density at radius 2 is 2.21 bits per heavy atom. The summed E-state index contributed by atoms with van der Waals surface area (Å²) in [6, 6.07) is 0.760. The first-order valence-electron chi connectivity index (χ1n) is 7.28. The van der Waals surface area contributed by atoms with Gasteiger partial charge in [0.15, 0.2) is 0 Å². The fraction of sp³-hybridized carbons (Fsp3) is 0.714. The van der Waals surface area contributed by atoms with Crippen LogP contribution in [0, 0.1) is 0 Å². The predicted octanol–water partition coefficient (Wildman–Crippen LogP) is 1.85. The summed E-state index contributed by atoms with van der Waals surface area (Å²) < 4.78 is 0. The molecule has 19 heavy (non-hydrogen) atoms. The van der Waals surface area contributed by atoms with Crippen LogP contribution in [-0.2, 0) is 12.8 Å². The van der Waals surface area contributed by atoms with E-state index in [9.17, 15) is 4.79 Å². The molecule has 0 saturated heterocycles. The van der Waals surface area contributed by atoms with Crippen molar-refractivity contribution in [1.29, 1.82) is 0 Å². The quantitative estimate of drug-likeness (QED) is 0.854. The molecule has 5 heteroatoms. The summed E-state index contributed by atoms with van der Waals surface area (Å²) in [4.78, 5) is 14.1. The highest BCUT2D eigenvalue weighted by Crippen LogP contribution is 2.23. The molecule has 2 aliphatic carbocycles. The fourth-order valence-electron chi connectivity index (χ4n) is 3.27. The van der Waals surface area contributed by atoms with Gasteiger partial charge in [-0.05, 0) is 31.2 Å². The lowest BCUT2D eigenvalue weighted by Gasteiger charge is -2.29. The van der Waals surface area contributed by atoms with Crippen molar-refractivity contribution < 1.29 is 4.79 Å². The van der Waals surface area contributed by atoms with Crippen molar-refractivity contribution in [3.63, 3.8) is 0 Å². The molecule has 0 aromatic carbocycles. The molecule has 5 nitrogen and oxygen atoms in total. The Balaban J connectivity index is 1.55. The van der Waals surface area contributed by atoms with Crippen LogP contribution in [0.2, 0.25) is 0 Å². The number of fused-ring (bicyclic) bond motifs is 1. The third kappa shape index (κ3) is 2.60. The van der Waals surface area contributed by atoms with E-state index in [0.717, 1.165) is 32.1 Å². The number of aryl methyl sites for hydroxylation is 1. The number of aromatic nitrogens is 2. The Labute approximate surface area is 113 Å². The van der Waals surface area contributed by atoms with Gasteiger partial charge in [0.25, 0.3) is 0 Å². The molecule has 1 saturated carbocycles. The first kappa shape index (κ1) is 12.5. The van der Waals surface area contributed by atoms with Crippen LogP contribution in [0.3, 0.4) is 0 Å². The van der Waals surface area contributed by atoms with Crippen molar-refractivity contribution in [2.75, 3.05) is 7.05 Å². The highest BCUT2D eigenvalue weighted by molar-refractivity contribution is 5.74. The van der Waals surface area contributed by atoms with E-state index >= 15 is 0 Å². The second kappa shape index (κ2) is 5.23. The normalized spacial score (nSPS) is 23.1. The van der Waals surface area contributed by atoms with Gasteiger partial charge in [-0.3, -0.25) is 5.10 Å². The monoisotopic (exact) mass is 262 g/mol. The number of H-pyrrole nitrogens is 1. The summed E-state index contributed by atoms with van der Waals surface area (Å²) in [5.74, 6) is 0. The first-order chi connectivity index (χ1) is 9.24. The molecule has 2 aliphatic rings. The Bertz CT molecular complexity index is 450. The molecule has 0 bridgehead atoms. The van der Waals surface area contributed by atoms with Crippen LogP contribution in [0.25, 0.3) is 0 Å². The van der Waals surface area contributed by atoms with Gasteiger partial charge in [-0.1, -0.05) is 12.8 Å². The molecule has 3 rings (SSSR count). The number of carbonyl (C=O) groups excluding carboxylic acids is 1. The molecular weight excluding hydrogens is 240 g/mol. The molecule has 1 aromatic rings. The Hall–Kier alpha value is -1.52. The van der Waals surface area contributed by atoms with Crippen molar-refractivity contribution in [3.05, 3.63) is 17.5 Å². The van der Waals surface area contributed by atoms with Crippen molar-refractivity contribution in [3.8, 4) is 0 Å². The molecule has 0 aliphatic heterocycles. The molecule has 0 spiro atoms. The van der Waals surface area contributed by atoms with Crippen LogP contribution in [0.1, 0.15) is 43.4 Å². The summed E-state index contributed by atoms with van der Waals surface area (Å²) in [5, 5.41) is 10.3.